The van der Waals surface area contributed by atoms with Gasteiger partial charge in [0, 0.05) is 11.6 Å². The minimum Gasteiger partial charge on any atom is -0.504 e. The summed E-state index contributed by atoms with van der Waals surface area (Å²) < 4.78 is 44.4. The van der Waals surface area contributed by atoms with Gasteiger partial charge >= 0.3 is 0 Å². The fraction of sp³-hybridized carbons (Fsp3) is 0.263. The number of nitrogens with one attached hydrogen (secondary N) is 1. The molecule has 1 aliphatic heterocycles. The summed E-state index contributed by atoms with van der Waals surface area (Å²) in [4.78, 5) is -0.0895. The zero-order valence-corrected chi connectivity index (χ0v) is 17.3. The first kappa shape index (κ1) is 21.4. The van der Waals surface area contributed by atoms with Crippen LogP contribution in [-0.2, 0) is 10.0 Å². The van der Waals surface area contributed by atoms with Crippen molar-refractivity contribution >= 4 is 21.9 Å². The van der Waals surface area contributed by atoms with Crippen molar-refractivity contribution in [2.24, 2.45) is 9.50 Å². The molecule has 160 valence electrons. The van der Waals surface area contributed by atoms with Crippen molar-refractivity contribution in [2.75, 3.05) is 27.9 Å². The van der Waals surface area contributed by atoms with Gasteiger partial charge in [-0.1, -0.05) is 0 Å². The third-order valence-corrected chi connectivity index (χ3v) is 5.77. The maximum atomic E-state index is 12.6. The highest BCUT2D eigenvalue weighted by atomic mass is 32.2. The first-order valence-electron chi connectivity index (χ1n) is 8.72. The van der Waals surface area contributed by atoms with Crippen LogP contribution in [0.3, 0.4) is 0 Å². The molecule has 0 spiro atoms. The van der Waals surface area contributed by atoms with Crippen molar-refractivity contribution < 1.29 is 32.8 Å². The summed E-state index contributed by atoms with van der Waals surface area (Å²) in [6.07, 6.45) is 1.43. The van der Waals surface area contributed by atoms with E-state index in [9.17, 15) is 18.6 Å². The number of hydrogen-bond donors (Lipinski definition) is 3. The molecule has 0 aromatic heterocycles. The summed E-state index contributed by atoms with van der Waals surface area (Å²) in [6, 6.07) is 6.68. The van der Waals surface area contributed by atoms with Crippen LogP contribution in [0.4, 0.5) is 0 Å². The fourth-order valence-electron chi connectivity index (χ4n) is 2.94. The lowest BCUT2D eigenvalue weighted by Gasteiger charge is -2.15. The highest BCUT2D eigenvalue weighted by Gasteiger charge is 2.36. The number of phenolic OH excluding ortho intramolecular Hbond substituents is 1. The molecule has 0 amide bonds. The molecule has 0 saturated heterocycles. The third kappa shape index (κ3) is 4.02. The van der Waals surface area contributed by atoms with E-state index in [1.54, 1.807) is 12.1 Å². The molecule has 1 unspecified atom stereocenters. The lowest BCUT2D eigenvalue weighted by atomic mass is 10.0. The number of sulfonamides is 1. The monoisotopic (exact) mass is 435 g/mol. The third-order valence-electron chi connectivity index (χ3n) is 4.40. The molecule has 3 N–H and O–H groups in total. The summed E-state index contributed by atoms with van der Waals surface area (Å²) in [6.45, 7) is -0.469. The largest absolute Gasteiger partial charge is 0.504 e. The summed E-state index contributed by atoms with van der Waals surface area (Å²) in [5.74, 6) is 0.740. The Morgan fingerprint density at radius 1 is 1.13 bits per heavy atom. The zero-order valence-electron chi connectivity index (χ0n) is 16.5. The van der Waals surface area contributed by atoms with Gasteiger partial charge in [-0.3, -0.25) is 5.43 Å². The number of phenols is 1. The molecule has 11 heteroatoms. The van der Waals surface area contributed by atoms with Crippen molar-refractivity contribution in [3.8, 4) is 23.0 Å². The van der Waals surface area contributed by atoms with Gasteiger partial charge in [-0.25, -0.2) is 0 Å². The number of rotatable bonds is 8. The number of aliphatic hydroxyl groups excluding tert-OH is 1. The first-order valence-corrected chi connectivity index (χ1v) is 10.2. The fourth-order valence-corrected chi connectivity index (χ4v) is 4.36. The van der Waals surface area contributed by atoms with E-state index in [4.69, 9.17) is 14.2 Å². The quantitative estimate of drug-likeness (QED) is 0.410. The molecule has 0 aliphatic carbocycles. The van der Waals surface area contributed by atoms with Gasteiger partial charge in [0.15, 0.2) is 11.5 Å². The van der Waals surface area contributed by atoms with Gasteiger partial charge in [0.2, 0.25) is 0 Å². The molecule has 10 nitrogen and oxygen atoms in total. The van der Waals surface area contributed by atoms with Crippen molar-refractivity contribution in [1.82, 2.24) is 5.43 Å². The number of hydrazone groups is 1. The molecule has 2 aromatic rings. The van der Waals surface area contributed by atoms with E-state index in [0.717, 1.165) is 0 Å². The smallest absolute Gasteiger partial charge is 0.287 e. The topological polar surface area (TPSA) is 139 Å². The van der Waals surface area contributed by atoms with Crippen LogP contribution < -0.4 is 19.6 Å². The van der Waals surface area contributed by atoms with E-state index in [2.05, 4.69) is 14.9 Å². The second-order valence-corrected chi connectivity index (χ2v) is 7.75. The van der Waals surface area contributed by atoms with E-state index in [1.165, 1.54) is 45.7 Å². The molecule has 30 heavy (non-hydrogen) atoms. The van der Waals surface area contributed by atoms with E-state index in [-0.39, 0.29) is 33.4 Å². The van der Waals surface area contributed by atoms with E-state index in [1.807, 2.05) is 0 Å². The summed E-state index contributed by atoms with van der Waals surface area (Å²) in [5, 5.41) is 23.5. The number of aromatic hydroxyl groups is 1. The average Bonchev–Trinajstić information content (AvgIpc) is 3.02. The SMILES string of the molecule is COc1cc(OC)c2c(c1)C(C(CO)N/N=C/c1ccc(O)c(OC)c1)=NS2(=O)=O. The normalized spacial score (nSPS) is 15.4. The van der Waals surface area contributed by atoms with Gasteiger partial charge in [0.1, 0.15) is 22.4 Å². The van der Waals surface area contributed by atoms with Crippen molar-refractivity contribution in [2.45, 2.75) is 10.9 Å². The van der Waals surface area contributed by atoms with Crippen molar-refractivity contribution in [3.63, 3.8) is 0 Å². The minimum absolute atomic E-state index is 0.0131. The Morgan fingerprint density at radius 3 is 2.50 bits per heavy atom. The van der Waals surface area contributed by atoms with Crippen LogP contribution in [0.15, 0.2) is 44.7 Å². The molecule has 3 rings (SSSR count). The molecule has 0 saturated carbocycles. The Kier molecular flexibility index (Phi) is 6.13. The molecular weight excluding hydrogens is 414 g/mol. The molecule has 1 aliphatic rings. The lowest BCUT2D eigenvalue weighted by molar-refractivity contribution is 0.273. The number of hydrogen-bond acceptors (Lipinski definition) is 9. The Labute approximate surface area is 173 Å². The Hall–Kier alpha value is -3.31. The van der Waals surface area contributed by atoms with Crippen LogP contribution in [0, 0.1) is 0 Å². The van der Waals surface area contributed by atoms with Crippen LogP contribution in [0.5, 0.6) is 23.0 Å². The predicted molar refractivity (Wildman–Crippen MR) is 110 cm³/mol. The number of nitrogens with zero attached hydrogens (tertiary/aromatic N) is 2. The standard InChI is InChI=1S/C19H21N3O7S/c1-27-12-7-13-18(22-30(25,26)19(13)17(8-12)29-3)14(10-23)21-20-9-11-4-5-15(24)16(6-11)28-2/h4-9,14,21,23-24H,10H2,1-3H3/b20-9+. The van der Waals surface area contributed by atoms with Crippen LogP contribution >= 0.6 is 0 Å². The van der Waals surface area contributed by atoms with Gasteiger partial charge < -0.3 is 24.4 Å². The summed E-state index contributed by atoms with van der Waals surface area (Å²) in [7, 11) is 0.208. The highest BCUT2D eigenvalue weighted by Crippen LogP contribution is 2.38. The van der Waals surface area contributed by atoms with Crippen LogP contribution in [0.25, 0.3) is 0 Å². The number of methoxy groups -OCH3 is 3. The zero-order chi connectivity index (χ0) is 21.9. The van der Waals surface area contributed by atoms with E-state index >= 15 is 0 Å². The van der Waals surface area contributed by atoms with Crippen LogP contribution in [0.1, 0.15) is 11.1 Å². The number of aliphatic hydroxyl groups is 1. The lowest BCUT2D eigenvalue weighted by Crippen LogP contribution is -2.37. The maximum Gasteiger partial charge on any atom is 0.287 e. The second-order valence-electron chi connectivity index (χ2n) is 6.21. The molecule has 0 bridgehead atoms. The van der Waals surface area contributed by atoms with Crippen molar-refractivity contribution in [3.05, 3.63) is 41.5 Å². The minimum atomic E-state index is -4.01. The second kappa shape index (κ2) is 8.59. The predicted octanol–water partition coefficient (Wildman–Crippen LogP) is 0.894. The van der Waals surface area contributed by atoms with Gasteiger partial charge in [-0.2, -0.15) is 17.9 Å². The van der Waals surface area contributed by atoms with Gasteiger partial charge in [0.25, 0.3) is 10.0 Å². The Morgan fingerprint density at radius 2 is 1.87 bits per heavy atom. The van der Waals surface area contributed by atoms with E-state index < -0.39 is 22.7 Å². The molecular formula is C19H21N3O7S. The maximum absolute atomic E-state index is 12.6. The average molecular weight is 435 g/mol. The highest BCUT2D eigenvalue weighted by molar-refractivity contribution is 7.91. The molecule has 2 aromatic carbocycles. The molecule has 1 heterocycles. The first-order chi connectivity index (χ1) is 14.3. The number of fused-ring (bicyclic) bond motifs is 1. The van der Waals surface area contributed by atoms with Gasteiger partial charge in [-0.05, 0) is 29.8 Å². The van der Waals surface area contributed by atoms with Crippen LogP contribution in [-0.4, -0.2) is 64.5 Å². The Balaban J connectivity index is 1.91. The molecule has 0 fully saturated rings. The summed E-state index contributed by atoms with van der Waals surface area (Å²) in [5.41, 5.74) is 3.67. The summed E-state index contributed by atoms with van der Waals surface area (Å²) >= 11 is 0. The Bertz CT molecular complexity index is 1110. The van der Waals surface area contributed by atoms with Gasteiger partial charge in [0.05, 0.1) is 39.9 Å². The van der Waals surface area contributed by atoms with Gasteiger partial charge in [-0.15, -0.1) is 0 Å². The van der Waals surface area contributed by atoms with Crippen LogP contribution in [0.2, 0.25) is 0 Å². The number of ether oxygens (including phenoxy) is 3. The number of benzene rings is 2. The van der Waals surface area contributed by atoms with Crippen molar-refractivity contribution in [1.29, 1.82) is 0 Å². The molecule has 1 atom stereocenters. The molecule has 0 radical (unpaired) electrons. The van der Waals surface area contributed by atoms with E-state index in [0.29, 0.717) is 11.3 Å².